The maximum absolute atomic E-state index is 11.4. The third-order valence-electron chi connectivity index (χ3n) is 2.05. The van der Waals surface area contributed by atoms with Crippen molar-refractivity contribution in [1.82, 2.24) is 0 Å². The van der Waals surface area contributed by atoms with E-state index < -0.39 is 0 Å². The lowest BCUT2D eigenvalue weighted by Gasteiger charge is -2.08. The minimum atomic E-state index is -0.181. The minimum Gasteiger partial charge on any atom is -0.462 e. The maximum Gasteiger partial charge on any atom is 0.333 e. The van der Waals surface area contributed by atoms with Gasteiger partial charge in [0.05, 0.1) is 6.61 Å². The van der Waals surface area contributed by atoms with Gasteiger partial charge in [0.1, 0.15) is 0 Å². The van der Waals surface area contributed by atoms with E-state index in [1.807, 2.05) is 26.8 Å². The molecular formula is C12H22O2. The number of rotatable bonds is 5. The van der Waals surface area contributed by atoms with Gasteiger partial charge in [0.25, 0.3) is 0 Å². The third kappa shape index (κ3) is 5.79. The summed E-state index contributed by atoms with van der Waals surface area (Å²) >= 11 is 0. The van der Waals surface area contributed by atoms with Gasteiger partial charge in [0.2, 0.25) is 0 Å². The molecule has 0 N–H and O–H groups in total. The van der Waals surface area contributed by atoms with Crippen molar-refractivity contribution < 1.29 is 9.53 Å². The Bertz CT molecular complexity index is 204. The van der Waals surface area contributed by atoms with Crippen LogP contribution in [0.15, 0.2) is 11.6 Å². The monoisotopic (exact) mass is 198 g/mol. The van der Waals surface area contributed by atoms with Crippen LogP contribution in [-0.2, 0) is 9.53 Å². The van der Waals surface area contributed by atoms with Crippen LogP contribution in [0.3, 0.4) is 0 Å². The van der Waals surface area contributed by atoms with E-state index in [0.717, 1.165) is 12.0 Å². The zero-order valence-electron chi connectivity index (χ0n) is 9.96. The van der Waals surface area contributed by atoms with Crippen LogP contribution in [0.2, 0.25) is 0 Å². The highest BCUT2D eigenvalue weighted by Gasteiger charge is 2.07. The van der Waals surface area contributed by atoms with Crippen molar-refractivity contribution in [1.29, 1.82) is 0 Å². The van der Waals surface area contributed by atoms with Crippen LogP contribution in [-0.4, -0.2) is 12.6 Å². The van der Waals surface area contributed by atoms with E-state index in [2.05, 4.69) is 13.8 Å². The highest BCUT2D eigenvalue weighted by molar-refractivity contribution is 5.87. The number of esters is 1. The van der Waals surface area contributed by atoms with Gasteiger partial charge < -0.3 is 4.74 Å². The fraction of sp³-hybridized carbons (Fsp3) is 0.750. The molecule has 0 aliphatic heterocycles. The van der Waals surface area contributed by atoms with Gasteiger partial charge in [-0.1, -0.05) is 40.2 Å². The second-order valence-corrected chi connectivity index (χ2v) is 4.23. The van der Waals surface area contributed by atoms with Gasteiger partial charge in [-0.3, -0.25) is 0 Å². The van der Waals surface area contributed by atoms with E-state index in [1.54, 1.807) is 0 Å². The summed E-state index contributed by atoms with van der Waals surface area (Å²) in [7, 11) is 0. The second kappa shape index (κ2) is 6.63. The van der Waals surface area contributed by atoms with E-state index in [4.69, 9.17) is 4.74 Å². The lowest BCUT2D eigenvalue weighted by Crippen LogP contribution is -2.11. The number of allylic oxidation sites excluding steroid dienone is 1. The molecule has 0 saturated carbocycles. The Morgan fingerprint density at radius 2 is 1.93 bits per heavy atom. The van der Waals surface area contributed by atoms with E-state index in [1.165, 1.54) is 0 Å². The normalized spacial score (nSPS) is 14.3. The van der Waals surface area contributed by atoms with Gasteiger partial charge in [-0.15, -0.1) is 0 Å². The van der Waals surface area contributed by atoms with Gasteiger partial charge in [-0.05, 0) is 18.8 Å². The van der Waals surface area contributed by atoms with E-state index >= 15 is 0 Å². The molecule has 0 bridgehead atoms. The standard InChI is InChI=1S/C12H22O2/c1-6-10(4)7-11(5)12(13)14-8-9(2)3/h7,9-10H,6,8H2,1-5H3. The lowest BCUT2D eigenvalue weighted by molar-refractivity contribution is -0.140. The average molecular weight is 198 g/mol. The Labute approximate surface area is 87.3 Å². The Morgan fingerprint density at radius 3 is 2.36 bits per heavy atom. The zero-order chi connectivity index (χ0) is 11.1. The molecule has 0 aliphatic rings. The van der Waals surface area contributed by atoms with Crippen molar-refractivity contribution in [2.75, 3.05) is 6.61 Å². The van der Waals surface area contributed by atoms with Gasteiger partial charge in [-0.25, -0.2) is 4.79 Å². The highest BCUT2D eigenvalue weighted by atomic mass is 16.5. The Kier molecular flexibility index (Phi) is 6.26. The SMILES string of the molecule is CCC(C)C=C(C)C(=O)OCC(C)C. The summed E-state index contributed by atoms with van der Waals surface area (Å²) in [6.45, 7) is 10.6. The molecule has 0 aliphatic carbocycles. The van der Waals surface area contributed by atoms with Crippen LogP contribution >= 0.6 is 0 Å². The molecule has 0 heterocycles. The zero-order valence-corrected chi connectivity index (χ0v) is 9.96. The molecule has 0 radical (unpaired) electrons. The summed E-state index contributed by atoms with van der Waals surface area (Å²) in [5.74, 6) is 0.663. The number of hydrogen-bond donors (Lipinski definition) is 0. The van der Waals surface area contributed by atoms with E-state index in [9.17, 15) is 4.79 Å². The van der Waals surface area contributed by atoms with Gasteiger partial charge in [-0.2, -0.15) is 0 Å². The Morgan fingerprint density at radius 1 is 1.36 bits per heavy atom. The summed E-state index contributed by atoms with van der Waals surface area (Å²) < 4.78 is 5.10. The van der Waals surface area contributed by atoms with Crippen LogP contribution in [0.4, 0.5) is 0 Å². The fourth-order valence-corrected chi connectivity index (χ4v) is 0.969. The van der Waals surface area contributed by atoms with Crippen LogP contribution in [0.1, 0.15) is 41.0 Å². The van der Waals surface area contributed by atoms with Crippen LogP contribution in [0, 0.1) is 11.8 Å². The third-order valence-corrected chi connectivity index (χ3v) is 2.05. The summed E-state index contributed by atoms with van der Waals surface area (Å²) in [4.78, 5) is 11.4. The first-order valence-corrected chi connectivity index (χ1v) is 5.32. The maximum atomic E-state index is 11.4. The molecule has 82 valence electrons. The molecule has 0 saturated heterocycles. The second-order valence-electron chi connectivity index (χ2n) is 4.23. The van der Waals surface area contributed by atoms with Crippen molar-refractivity contribution in [3.05, 3.63) is 11.6 Å². The lowest BCUT2D eigenvalue weighted by atomic mass is 10.1. The molecule has 0 aromatic heterocycles. The minimum absolute atomic E-state index is 0.181. The smallest absolute Gasteiger partial charge is 0.333 e. The summed E-state index contributed by atoms with van der Waals surface area (Å²) in [5.41, 5.74) is 0.722. The number of carbonyl (C=O) groups excluding carboxylic acids is 1. The Hall–Kier alpha value is -0.790. The van der Waals surface area contributed by atoms with Crippen molar-refractivity contribution in [2.24, 2.45) is 11.8 Å². The van der Waals surface area contributed by atoms with Crippen molar-refractivity contribution >= 4 is 5.97 Å². The first-order valence-electron chi connectivity index (χ1n) is 5.32. The Balaban J connectivity index is 4.05. The van der Waals surface area contributed by atoms with Crippen LogP contribution in [0.25, 0.3) is 0 Å². The largest absolute Gasteiger partial charge is 0.462 e. The molecule has 0 fully saturated rings. The number of carbonyl (C=O) groups is 1. The molecule has 0 rings (SSSR count). The molecule has 1 atom stereocenters. The molecule has 2 heteroatoms. The number of hydrogen-bond acceptors (Lipinski definition) is 2. The van der Waals surface area contributed by atoms with Crippen LogP contribution in [0.5, 0.6) is 0 Å². The topological polar surface area (TPSA) is 26.3 Å². The van der Waals surface area contributed by atoms with Gasteiger partial charge in [0.15, 0.2) is 0 Å². The first-order chi connectivity index (χ1) is 6.47. The van der Waals surface area contributed by atoms with Gasteiger partial charge in [0, 0.05) is 5.57 Å². The molecule has 0 aromatic rings. The molecular weight excluding hydrogens is 176 g/mol. The van der Waals surface area contributed by atoms with Gasteiger partial charge >= 0.3 is 5.97 Å². The number of ether oxygens (including phenoxy) is 1. The fourth-order valence-electron chi connectivity index (χ4n) is 0.969. The summed E-state index contributed by atoms with van der Waals surface area (Å²) in [6, 6.07) is 0. The highest BCUT2D eigenvalue weighted by Crippen LogP contribution is 2.08. The van der Waals surface area contributed by atoms with E-state index in [-0.39, 0.29) is 5.97 Å². The molecule has 0 aromatic carbocycles. The molecule has 1 unspecified atom stereocenters. The summed E-state index contributed by atoms with van der Waals surface area (Å²) in [6.07, 6.45) is 3.03. The predicted molar refractivity (Wildman–Crippen MR) is 59.0 cm³/mol. The average Bonchev–Trinajstić information content (AvgIpc) is 2.13. The van der Waals surface area contributed by atoms with Crippen molar-refractivity contribution in [3.8, 4) is 0 Å². The van der Waals surface area contributed by atoms with Crippen LogP contribution < -0.4 is 0 Å². The summed E-state index contributed by atoms with van der Waals surface area (Å²) in [5, 5.41) is 0. The molecule has 0 spiro atoms. The van der Waals surface area contributed by atoms with Crippen molar-refractivity contribution in [2.45, 2.75) is 41.0 Å². The van der Waals surface area contributed by atoms with E-state index in [0.29, 0.717) is 18.4 Å². The molecule has 14 heavy (non-hydrogen) atoms. The predicted octanol–water partition coefficient (Wildman–Crippen LogP) is 3.18. The first kappa shape index (κ1) is 13.2. The molecule has 0 amide bonds. The molecule has 2 nitrogen and oxygen atoms in total. The van der Waals surface area contributed by atoms with Crippen molar-refractivity contribution in [3.63, 3.8) is 0 Å². The quantitative estimate of drug-likeness (QED) is 0.501.